The van der Waals surface area contributed by atoms with Crippen LogP contribution in [0.15, 0.2) is 18.7 Å². The Kier molecular flexibility index (Phi) is 5.98. The van der Waals surface area contributed by atoms with Crippen LogP contribution in [-0.4, -0.2) is 76.9 Å². The van der Waals surface area contributed by atoms with E-state index in [1.165, 1.54) is 32.1 Å². The fourth-order valence-electron chi connectivity index (χ4n) is 5.12. The first-order valence-electron chi connectivity index (χ1n) is 10.6. The zero-order valence-electron chi connectivity index (χ0n) is 16.3. The molecule has 3 heterocycles. The number of imidazole rings is 1. The summed E-state index contributed by atoms with van der Waals surface area (Å²) in [6.07, 6.45) is 12.9. The lowest BCUT2D eigenvalue weighted by Gasteiger charge is -2.44. The lowest BCUT2D eigenvalue weighted by molar-refractivity contribution is -0.0198. The molecule has 4 rings (SSSR count). The Balaban J connectivity index is 1.31. The van der Waals surface area contributed by atoms with Gasteiger partial charge in [-0.1, -0.05) is 12.8 Å². The number of likely N-dealkylation sites (tertiary alicyclic amines) is 1. The maximum Gasteiger partial charge on any atom is 0.317 e. The molecule has 1 saturated carbocycles. The molecular formula is C20H33N5O2. The highest BCUT2D eigenvalue weighted by molar-refractivity contribution is 5.74. The van der Waals surface area contributed by atoms with Crippen molar-refractivity contribution < 1.29 is 9.53 Å². The molecule has 7 heteroatoms. The maximum absolute atomic E-state index is 12.9. The Morgan fingerprint density at radius 1 is 1.19 bits per heavy atom. The quantitative estimate of drug-likeness (QED) is 0.854. The summed E-state index contributed by atoms with van der Waals surface area (Å²) in [6.45, 7) is 7.05. The summed E-state index contributed by atoms with van der Waals surface area (Å²) >= 11 is 0. The molecule has 150 valence electrons. The number of urea groups is 1. The van der Waals surface area contributed by atoms with Gasteiger partial charge in [-0.05, 0) is 31.6 Å². The zero-order chi connectivity index (χ0) is 18.5. The molecule has 1 atom stereocenters. The number of nitrogens with zero attached hydrogens (tertiary/aromatic N) is 4. The number of nitrogens with one attached hydrogen (secondary N) is 1. The number of morpholine rings is 1. The van der Waals surface area contributed by atoms with E-state index in [0.29, 0.717) is 5.92 Å². The highest BCUT2D eigenvalue weighted by Gasteiger charge is 2.40. The van der Waals surface area contributed by atoms with Crippen LogP contribution < -0.4 is 5.32 Å². The van der Waals surface area contributed by atoms with Crippen LogP contribution in [0.2, 0.25) is 0 Å². The number of hydrogen-bond acceptors (Lipinski definition) is 4. The lowest BCUT2D eigenvalue weighted by atomic mass is 9.94. The van der Waals surface area contributed by atoms with E-state index in [1.807, 2.05) is 23.6 Å². The van der Waals surface area contributed by atoms with Crippen molar-refractivity contribution in [3.8, 4) is 0 Å². The number of ether oxygens (including phenoxy) is 1. The highest BCUT2D eigenvalue weighted by Crippen LogP contribution is 2.35. The molecular weight excluding hydrogens is 342 g/mol. The van der Waals surface area contributed by atoms with E-state index < -0.39 is 0 Å². The summed E-state index contributed by atoms with van der Waals surface area (Å²) in [7, 11) is 0. The normalized spacial score (nSPS) is 26.2. The second kappa shape index (κ2) is 8.61. The molecule has 0 spiro atoms. The van der Waals surface area contributed by atoms with Gasteiger partial charge in [0, 0.05) is 57.2 Å². The average molecular weight is 376 g/mol. The van der Waals surface area contributed by atoms with Crippen LogP contribution in [0.25, 0.3) is 0 Å². The Hall–Kier alpha value is -1.60. The highest BCUT2D eigenvalue weighted by atomic mass is 16.5. The number of amides is 2. The van der Waals surface area contributed by atoms with Gasteiger partial charge in [0.1, 0.15) is 0 Å². The third-order valence-corrected chi connectivity index (χ3v) is 6.62. The third kappa shape index (κ3) is 4.46. The van der Waals surface area contributed by atoms with Crippen LogP contribution in [0.5, 0.6) is 0 Å². The minimum atomic E-state index is 0.116. The zero-order valence-corrected chi connectivity index (χ0v) is 16.3. The van der Waals surface area contributed by atoms with Crippen molar-refractivity contribution in [2.45, 2.75) is 50.6 Å². The van der Waals surface area contributed by atoms with Gasteiger partial charge in [0.25, 0.3) is 0 Å². The predicted octanol–water partition coefficient (Wildman–Crippen LogP) is 1.95. The minimum absolute atomic E-state index is 0.116. The van der Waals surface area contributed by atoms with Gasteiger partial charge in [-0.3, -0.25) is 4.90 Å². The van der Waals surface area contributed by atoms with Gasteiger partial charge in [-0.25, -0.2) is 9.78 Å². The largest absolute Gasteiger partial charge is 0.379 e. The van der Waals surface area contributed by atoms with Gasteiger partial charge in [0.2, 0.25) is 0 Å². The van der Waals surface area contributed by atoms with E-state index in [-0.39, 0.29) is 11.6 Å². The van der Waals surface area contributed by atoms with Gasteiger partial charge in [-0.15, -0.1) is 0 Å². The van der Waals surface area contributed by atoms with Crippen molar-refractivity contribution in [3.05, 3.63) is 18.7 Å². The topological polar surface area (TPSA) is 62.6 Å². The molecule has 7 nitrogen and oxygen atoms in total. The van der Waals surface area contributed by atoms with Gasteiger partial charge < -0.3 is 19.5 Å². The summed E-state index contributed by atoms with van der Waals surface area (Å²) in [5, 5.41) is 3.30. The van der Waals surface area contributed by atoms with E-state index in [9.17, 15) is 4.79 Å². The fraction of sp³-hybridized carbons (Fsp3) is 0.800. The molecule has 2 amide bonds. The summed E-state index contributed by atoms with van der Waals surface area (Å²) in [6, 6.07) is 0.116. The molecule has 1 aromatic rings. The van der Waals surface area contributed by atoms with Crippen molar-refractivity contribution >= 4 is 6.03 Å². The molecule has 0 unspecified atom stereocenters. The first-order valence-corrected chi connectivity index (χ1v) is 10.6. The average Bonchev–Trinajstić information content (AvgIpc) is 3.40. The second-order valence-corrected chi connectivity index (χ2v) is 8.40. The maximum atomic E-state index is 12.9. The van der Waals surface area contributed by atoms with Crippen molar-refractivity contribution in [1.82, 2.24) is 24.7 Å². The third-order valence-electron chi connectivity index (χ3n) is 6.62. The van der Waals surface area contributed by atoms with Crippen molar-refractivity contribution in [3.63, 3.8) is 0 Å². The Morgan fingerprint density at radius 2 is 2.00 bits per heavy atom. The summed E-state index contributed by atoms with van der Waals surface area (Å²) in [4.78, 5) is 21.6. The van der Waals surface area contributed by atoms with E-state index >= 15 is 0 Å². The van der Waals surface area contributed by atoms with Crippen LogP contribution in [0, 0.1) is 5.92 Å². The standard InChI is InChI=1S/C20H33N5O2/c26-19(24-8-3-4-18(15-24)14-23-9-7-21-17-23)22-16-20(5-1-2-6-20)25-10-12-27-13-11-25/h7,9,17-18H,1-6,8,10-16H2,(H,22,26)/t18-/m0/s1. The van der Waals surface area contributed by atoms with Crippen molar-refractivity contribution in [2.75, 3.05) is 45.9 Å². The number of carbonyl (C=O) groups is 1. The van der Waals surface area contributed by atoms with Gasteiger partial charge in [0.05, 0.1) is 19.5 Å². The molecule has 0 aromatic carbocycles. The summed E-state index contributed by atoms with van der Waals surface area (Å²) < 4.78 is 7.66. The van der Waals surface area contributed by atoms with Crippen LogP contribution in [0.4, 0.5) is 4.79 Å². The van der Waals surface area contributed by atoms with Crippen LogP contribution in [-0.2, 0) is 11.3 Å². The molecule has 2 saturated heterocycles. The first kappa shape index (κ1) is 18.7. The minimum Gasteiger partial charge on any atom is -0.379 e. The van der Waals surface area contributed by atoms with Crippen molar-refractivity contribution in [2.24, 2.45) is 5.92 Å². The molecule has 2 aliphatic heterocycles. The summed E-state index contributed by atoms with van der Waals surface area (Å²) in [5.41, 5.74) is 0.144. The Bertz CT molecular complexity index is 594. The van der Waals surface area contributed by atoms with Gasteiger partial charge in [0.15, 0.2) is 0 Å². The Morgan fingerprint density at radius 3 is 2.74 bits per heavy atom. The lowest BCUT2D eigenvalue weighted by Crippen LogP contribution is -2.59. The molecule has 1 aliphatic carbocycles. The SMILES string of the molecule is O=C(NCC1(N2CCOCC2)CCCC1)N1CCC[C@@H](Cn2ccnc2)C1. The molecule has 27 heavy (non-hydrogen) atoms. The molecule has 0 bridgehead atoms. The van der Waals surface area contributed by atoms with E-state index in [0.717, 1.165) is 58.9 Å². The van der Waals surface area contributed by atoms with Crippen LogP contribution >= 0.6 is 0 Å². The van der Waals surface area contributed by atoms with E-state index in [1.54, 1.807) is 0 Å². The molecule has 3 fully saturated rings. The number of carbonyl (C=O) groups excluding carboxylic acids is 1. The molecule has 0 radical (unpaired) electrons. The predicted molar refractivity (Wildman–Crippen MR) is 104 cm³/mol. The van der Waals surface area contributed by atoms with Crippen molar-refractivity contribution in [1.29, 1.82) is 0 Å². The molecule has 3 aliphatic rings. The van der Waals surface area contributed by atoms with Gasteiger partial charge in [-0.2, -0.15) is 0 Å². The number of rotatable bonds is 5. The summed E-state index contributed by atoms with van der Waals surface area (Å²) in [5.74, 6) is 0.512. The second-order valence-electron chi connectivity index (χ2n) is 8.40. The molecule has 1 aromatic heterocycles. The monoisotopic (exact) mass is 375 g/mol. The smallest absolute Gasteiger partial charge is 0.317 e. The number of hydrogen-bond donors (Lipinski definition) is 1. The number of piperidine rings is 1. The van der Waals surface area contributed by atoms with E-state index in [2.05, 4.69) is 19.8 Å². The number of aromatic nitrogens is 2. The van der Waals surface area contributed by atoms with Gasteiger partial charge >= 0.3 is 6.03 Å². The first-order chi connectivity index (χ1) is 13.3. The van der Waals surface area contributed by atoms with Crippen LogP contribution in [0.3, 0.4) is 0 Å². The fourth-order valence-corrected chi connectivity index (χ4v) is 5.12. The molecule has 1 N–H and O–H groups in total. The van der Waals surface area contributed by atoms with E-state index in [4.69, 9.17) is 4.74 Å². The Labute approximate surface area is 162 Å². The van der Waals surface area contributed by atoms with Crippen LogP contribution in [0.1, 0.15) is 38.5 Å².